The lowest BCUT2D eigenvalue weighted by molar-refractivity contribution is -0.144. The molecule has 1 aliphatic heterocycles. The molecule has 1 aliphatic rings. The number of piperidine rings is 1. The molecule has 7 nitrogen and oxygen atoms in total. The summed E-state index contributed by atoms with van der Waals surface area (Å²) < 4.78 is 10.2. The summed E-state index contributed by atoms with van der Waals surface area (Å²) in [7, 11) is 1.30. The van der Waals surface area contributed by atoms with Crippen LogP contribution in [0.4, 0.5) is 4.79 Å². The van der Waals surface area contributed by atoms with Gasteiger partial charge in [0, 0.05) is 6.54 Å². The summed E-state index contributed by atoms with van der Waals surface area (Å²) in [5, 5.41) is 9.43. The van der Waals surface area contributed by atoms with Crippen LogP contribution in [-0.2, 0) is 20.9 Å². The molecule has 2 aromatic carbocycles. The summed E-state index contributed by atoms with van der Waals surface area (Å²) in [5.41, 5.74) is 2.01. The maximum Gasteiger partial charge on any atom is 0.410 e. The van der Waals surface area contributed by atoms with E-state index in [2.05, 4.69) is 0 Å². The van der Waals surface area contributed by atoms with Gasteiger partial charge in [-0.3, -0.25) is 4.79 Å². The van der Waals surface area contributed by atoms with Crippen molar-refractivity contribution in [3.05, 3.63) is 71.3 Å². The van der Waals surface area contributed by atoms with Crippen molar-refractivity contribution in [3.8, 4) is 0 Å². The van der Waals surface area contributed by atoms with Gasteiger partial charge in [0.2, 0.25) is 0 Å². The minimum Gasteiger partial charge on any atom is -0.481 e. The highest BCUT2D eigenvalue weighted by Crippen LogP contribution is 2.35. The van der Waals surface area contributed by atoms with Gasteiger partial charge in [0.1, 0.15) is 6.61 Å². The van der Waals surface area contributed by atoms with E-state index in [1.165, 1.54) is 7.11 Å². The normalized spacial score (nSPS) is 18.7. The molecule has 1 saturated heterocycles. The van der Waals surface area contributed by atoms with Crippen molar-refractivity contribution in [2.75, 3.05) is 13.7 Å². The average Bonchev–Trinajstić information content (AvgIpc) is 2.77. The Morgan fingerprint density at radius 3 is 2.38 bits per heavy atom. The first-order chi connectivity index (χ1) is 14.0. The molecule has 0 bridgehead atoms. The Labute approximate surface area is 168 Å². The minimum atomic E-state index is -0.876. The van der Waals surface area contributed by atoms with Crippen LogP contribution in [0.25, 0.3) is 0 Å². The summed E-state index contributed by atoms with van der Waals surface area (Å²) in [4.78, 5) is 37.5. The van der Waals surface area contributed by atoms with E-state index >= 15 is 0 Å². The Balaban J connectivity index is 1.77. The van der Waals surface area contributed by atoms with E-state index in [1.807, 2.05) is 30.3 Å². The van der Waals surface area contributed by atoms with E-state index in [1.54, 1.807) is 29.2 Å². The van der Waals surface area contributed by atoms with Gasteiger partial charge in [-0.25, -0.2) is 9.59 Å². The predicted molar refractivity (Wildman–Crippen MR) is 104 cm³/mol. The molecule has 0 radical (unpaired) electrons. The lowest BCUT2D eigenvalue weighted by Crippen LogP contribution is -2.42. The number of esters is 1. The largest absolute Gasteiger partial charge is 0.481 e. The fourth-order valence-electron chi connectivity index (χ4n) is 3.49. The number of benzene rings is 2. The van der Waals surface area contributed by atoms with Crippen LogP contribution in [0.15, 0.2) is 54.6 Å². The summed E-state index contributed by atoms with van der Waals surface area (Å²) in [6.45, 7) is 0.431. The van der Waals surface area contributed by atoms with Crippen LogP contribution in [0.2, 0.25) is 0 Å². The van der Waals surface area contributed by atoms with Crippen LogP contribution in [-0.4, -0.2) is 41.7 Å². The number of ether oxygens (including phenoxy) is 2. The minimum absolute atomic E-state index is 0.145. The lowest BCUT2D eigenvalue weighted by Gasteiger charge is -2.37. The first kappa shape index (κ1) is 20.4. The number of methoxy groups -OCH3 is 1. The van der Waals surface area contributed by atoms with E-state index in [9.17, 15) is 19.5 Å². The molecule has 3 rings (SSSR count). The molecule has 152 valence electrons. The summed E-state index contributed by atoms with van der Waals surface area (Å²) in [6.07, 6.45) is 0.166. The topological polar surface area (TPSA) is 93.1 Å². The third kappa shape index (κ3) is 4.93. The predicted octanol–water partition coefficient (Wildman–Crippen LogP) is 3.65. The van der Waals surface area contributed by atoms with Gasteiger partial charge in [-0.05, 0) is 36.1 Å². The Morgan fingerprint density at radius 2 is 1.76 bits per heavy atom. The van der Waals surface area contributed by atoms with Gasteiger partial charge in [-0.15, -0.1) is 0 Å². The van der Waals surface area contributed by atoms with Crippen molar-refractivity contribution in [1.29, 1.82) is 0 Å². The van der Waals surface area contributed by atoms with Crippen molar-refractivity contribution in [2.24, 2.45) is 5.92 Å². The molecular weight excluding hydrogens is 374 g/mol. The standard InChI is InChI=1S/C22H23NO6/c1-28-21(26)17-9-7-16(8-10-17)19-13-18(20(24)25)11-12-23(19)22(27)29-14-15-5-3-2-4-6-15/h2-10,18-19H,11-14H2,1H3,(H,24,25)/t18-,19-/m1/s1. The zero-order chi connectivity index (χ0) is 20.8. The third-order valence-corrected chi connectivity index (χ3v) is 5.11. The molecule has 1 heterocycles. The Hall–Kier alpha value is -3.35. The number of carbonyl (C=O) groups excluding carboxylic acids is 2. The first-order valence-corrected chi connectivity index (χ1v) is 9.38. The monoisotopic (exact) mass is 397 g/mol. The van der Waals surface area contributed by atoms with Crippen LogP contribution in [0.5, 0.6) is 0 Å². The molecule has 7 heteroatoms. The Bertz CT molecular complexity index is 865. The zero-order valence-electron chi connectivity index (χ0n) is 16.1. The number of aliphatic carboxylic acids is 1. The molecule has 1 N–H and O–H groups in total. The Morgan fingerprint density at radius 1 is 1.07 bits per heavy atom. The highest BCUT2D eigenvalue weighted by molar-refractivity contribution is 5.89. The van der Waals surface area contributed by atoms with Crippen molar-refractivity contribution >= 4 is 18.0 Å². The van der Waals surface area contributed by atoms with Crippen LogP contribution in [0.1, 0.15) is 40.4 Å². The van der Waals surface area contributed by atoms with E-state index in [4.69, 9.17) is 9.47 Å². The van der Waals surface area contributed by atoms with Crippen molar-refractivity contribution in [2.45, 2.75) is 25.5 Å². The van der Waals surface area contributed by atoms with Gasteiger partial charge in [-0.2, -0.15) is 0 Å². The maximum atomic E-state index is 12.7. The van der Waals surface area contributed by atoms with Gasteiger partial charge in [0.15, 0.2) is 0 Å². The van der Waals surface area contributed by atoms with Crippen LogP contribution in [0.3, 0.4) is 0 Å². The third-order valence-electron chi connectivity index (χ3n) is 5.11. The van der Waals surface area contributed by atoms with Crippen LogP contribution < -0.4 is 0 Å². The number of hydrogen-bond donors (Lipinski definition) is 1. The lowest BCUT2D eigenvalue weighted by atomic mass is 9.87. The highest BCUT2D eigenvalue weighted by Gasteiger charge is 2.36. The van der Waals surface area contributed by atoms with Crippen LogP contribution >= 0.6 is 0 Å². The molecule has 0 unspecified atom stereocenters. The number of rotatable bonds is 5. The zero-order valence-corrected chi connectivity index (χ0v) is 16.1. The molecule has 0 aliphatic carbocycles. The fourth-order valence-corrected chi connectivity index (χ4v) is 3.49. The molecule has 0 spiro atoms. The molecule has 2 atom stereocenters. The van der Waals surface area contributed by atoms with Gasteiger partial charge >= 0.3 is 18.0 Å². The number of amides is 1. The quantitative estimate of drug-likeness (QED) is 0.774. The smallest absolute Gasteiger partial charge is 0.410 e. The summed E-state index contributed by atoms with van der Waals surface area (Å²) in [5.74, 6) is -1.88. The molecular formula is C22H23NO6. The summed E-state index contributed by atoms with van der Waals surface area (Å²) in [6, 6.07) is 15.6. The maximum absolute atomic E-state index is 12.7. The second-order valence-corrected chi connectivity index (χ2v) is 6.92. The van der Waals surface area contributed by atoms with Gasteiger partial charge in [0.05, 0.1) is 24.6 Å². The van der Waals surface area contributed by atoms with E-state index in [-0.39, 0.29) is 19.6 Å². The van der Waals surface area contributed by atoms with Crippen LogP contribution in [0, 0.1) is 5.92 Å². The van der Waals surface area contributed by atoms with Crippen molar-refractivity contribution in [1.82, 2.24) is 4.90 Å². The molecule has 1 fully saturated rings. The molecule has 2 aromatic rings. The number of carboxylic acid groups (broad SMARTS) is 1. The number of likely N-dealkylation sites (tertiary alicyclic amines) is 1. The van der Waals surface area contributed by atoms with E-state index in [0.29, 0.717) is 12.0 Å². The molecule has 0 saturated carbocycles. The van der Waals surface area contributed by atoms with Gasteiger partial charge < -0.3 is 19.5 Å². The van der Waals surface area contributed by atoms with E-state index < -0.39 is 30.0 Å². The number of nitrogens with zero attached hydrogens (tertiary/aromatic N) is 1. The number of carboxylic acids is 1. The second-order valence-electron chi connectivity index (χ2n) is 6.92. The van der Waals surface area contributed by atoms with Gasteiger partial charge in [0.25, 0.3) is 0 Å². The first-order valence-electron chi connectivity index (χ1n) is 9.38. The van der Waals surface area contributed by atoms with Crippen molar-refractivity contribution in [3.63, 3.8) is 0 Å². The SMILES string of the molecule is COC(=O)c1ccc([C@H]2C[C@H](C(=O)O)CCN2C(=O)OCc2ccccc2)cc1. The van der Waals surface area contributed by atoms with Gasteiger partial charge in [-0.1, -0.05) is 42.5 Å². The number of carbonyl (C=O) groups is 3. The fraction of sp³-hybridized carbons (Fsp3) is 0.318. The van der Waals surface area contributed by atoms with Crippen molar-refractivity contribution < 1.29 is 29.0 Å². The van der Waals surface area contributed by atoms with E-state index in [0.717, 1.165) is 11.1 Å². The second kappa shape index (κ2) is 9.23. The molecule has 0 aromatic heterocycles. The highest BCUT2D eigenvalue weighted by atomic mass is 16.6. The average molecular weight is 397 g/mol. The molecule has 29 heavy (non-hydrogen) atoms. The summed E-state index contributed by atoms with van der Waals surface area (Å²) >= 11 is 0. The Kier molecular flexibility index (Phi) is 6.49. The number of hydrogen-bond acceptors (Lipinski definition) is 5. The molecule has 1 amide bonds.